The third kappa shape index (κ3) is 7.82. The molecule has 2 saturated heterocycles. The molecule has 1 atom stereocenters. The molecule has 2 N–H and O–H groups in total. The summed E-state index contributed by atoms with van der Waals surface area (Å²) in [6.45, 7) is 9.03. The van der Waals surface area contributed by atoms with E-state index in [9.17, 15) is 4.79 Å². The number of carbonyl (C=O) groups is 3. The van der Waals surface area contributed by atoms with Gasteiger partial charge in [-0.05, 0) is 49.5 Å². The molecule has 0 saturated carbocycles. The van der Waals surface area contributed by atoms with Crippen molar-refractivity contribution in [1.29, 1.82) is 0 Å². The molecule has 1 amide bonds. The van der Waals surface area contributed by atoms with Gasteiger partial charge in [-0.25, -0.2) is 9.59 Å². The molecule has 188 valence electrons. The predicted molar refractivity (Wildman–Crippen MR) is 135 cm³/mol. The molecule has 4 rings (SSSR count). The number of nitrogens with zero attached hydrogens (tertiary/aromatic N) is 3. The third-order valence-electron chi connectivity index (χ3n) is 6.73. The number of likely N-dealkylation sites (tertiary alicyclic amines) is 1. The zero-order chi connectivity index (χ0) is 25.2. The largest absolute Gasteiger partial charge is 0.473 e. The van der Waals surface area contributed by atoms with Crippen molar-refractivity contribution in [3.8, 4) is 0 Å². The van der Waals surface area contributed by atoms with Crippen LogP contribution in [0.25, 0.3) is 0 Å². The molecule has 0 spiro atoms. The Kier molecular flexibility index (Phi) is 9.66. The maximum atomic E-state index is 13.0. The molecule has 2 fully saturated rings. The highest BCUT2D eigenvalue weighted by molar-refractivity contribution is 6.27. The fourth-order valence-electron chi connectivity index (χ4n) is 4.72. The van der Waals surface area contributed by atoms with E-state index < -0.39 is 11.9 Å². The minimum absolute atomic E-state index is 0.210. The number of anilines is 1. The Labute approximate surface area is 206 Å². The normalized spacial score (nSPS) is 17.7. The van der Waals surface area contributed by atoms with Gasteiger partial charge in [0.05, 0.1) is 0 Å². The highest BCUT2D eigenvalue weighted by Crippen LogP contribution is 2.24. The summed E-state index contributed by atoms with van der Waals surface area (Å²) in [4.78, 5) is 38.3. The van der Waals surface area contributed by atoms with E-state index in [4.69, 9.17) is 19.8 Å². The number of rotatable bonds is 5. The van der Waals surface area contributed by atoms with E-state index in [-0.39, 0.29) is 5.92 Å². The third-order valence-corrected chi connectivity index (χ3v) is 6.73. The second-order valence-corrected chi connectivity index (χ2v) is 9.14. The van der Waals surface area contributed by atoms with Crippen molar-refractivity contribution in [1.82, 2.24) is 9.80 Å². The summed E-state index contributed by atoms with van der Waals surface area (Å²) in [7, 11) is 0. The van der Waals surface area contributed by atoms with Crippen molar-refractivity contribution < 1.29 is 24.6 Å². The van der Waals surface area contributed by atoms with Gasteiger partial charge in [0.2, 0.25) is 5.91 Å². The standard InChI is InChI=1S/C25H33N3O.C2H2O4/c1-21(22-8-4-2-5-9-22)20-26-14-12-23(13-15-26)25(29)28-18-16-27(17-19-28)24-10-6-3-7-11-24;3-1(4)2(5)6/h2-11,21,23H,12-20H2,1H3;(H,3,4)(H,5,6). The summed E-state index contributed by atoms with van der Waals surface area (Å²) < 4.78 is 0. The number of para-hydroxylation sites is 1. The van der Waals surface area contributed by atoms with Gasteiger partial charge in [-0.15, -0.1) is 0 Å². The Balaban J connectivity index is 0.000000509. The van der Waals surface area contributed by atoms with Crippen LogP contribution in [-0.4, -0.2) is 83.7 Å². The van der Waals surface area contributed by atoms with Crippen LogP contribution in [0.5, 0.6) is 0 Å². The molecule has 0 bridgehead atoms. The lowest BCUT2D eigenvalue weighted by Crippen LogP contribution is -2.51. The molecule has 2 aromatic rings. The van der Waals surface area contributed by atoms with Crippen molar-refractivity contribution in [2.45, 2.75) is 25.7 Å². The fraction of sp³-hybridized carbons (Fsp3) is 0.444. The van der Waals surface area contributed by atoms with Gasteiger partial charge >= 0.3 is 11.9 Å². The molecule has 8 nitrogen and oxygen atoms in total. The summed E-state index contributed by atoms with van der Waals surface area (Å²) in [6, 6.07) is 21.3. The topological polar surface area (TPSA) is 101 Å². The molecular weight excluding hydrogens is 446 g/mol. The smallest absolute Gasteiger partial charge is 0.414 e. The number of piperidine rings is 1. The molecule has 0 aliphatic carbocycles. The van der Waals surface area contributed by atoms with Crippen LogP contribution in [0.15, 0.2) is 60.7 Å². The van der Waals surface area contributed by atoms with Crippen LogP contribution in [0.3, 0.4) is 0 Å². The van der Waals surface area contributed by atoms with Gasteiger partial charge < -0.3 is 24.9 Å². The van der Waals surface area contributed by atoms with Gasteiger partial charge in [0.15, 0.2) is 0 Å². The number of benzene rings is 2. The molecular formula is C27H35N3O5. The Morgan fingerprint density at radius 2 is 1.31 bits per heavy atom. The van der Waals surface area contributed by atoms with Gasteiger partial charge in [-0.1, -0.05) is 55.5 Å². The highest BCUT2D eigenvalue weighted by Gasteiger charge is 2.30. The number of carbonyl (C=O) groups excluding carboxylic acids is 1. The van der Waals surface area contributed by atoms with E-state index in [1.54, 1.807) is 0 Å². The number of piperazine rings is 1. The zero-order valence-electron chi connectivity index (χ0n) is 20.3. The number of carboxylic acid groups (broad SMARTS) is 2. The van der Waals surface area contributed by atoms with E-state index >= 15 is 0 Å². The first-order valence-corrected chi connectivity index (χ1v) is 12.2. The van der Waals surface area contributed by atoms with E-state index in [1.165, 1.54) is 11.3 Å². The second-order valence-electron chi connectivity index (χ2n) is 9.14. The maximum Gasteiger partial charge on any atom is 0.414 e. The molecule has 0 radical (unpaired) electrons. The molecule has 0 aromatic heterocycles. The molecule has 2 aromatic carbocycles. The summed E-state index contributed by atoms with van der Waals surface area (Å²) in [5, 5.41) is 14.8. The van der Waals surface area contributed by atoms with Gasteiger partial charge in [0.25, 0.3) is 0 Å². The summed E-state index contributed by atoms with van der Waals surface area (Å²) >= 11 is 0. The SMILES string of the molecule is CC(CN1CCC(C(=O)N2CCN(c3ccccc3)CC2)CC1)c1ccccc1.O=C(O)C(=O)O. The van der Waals surface area contributed by atoms with Gasteiger partial charge in [-0.3, -0.25) is 4.79 Å². The van der Waals surface area contributed by atoms with E-state index in [2.05, 4.69) is 82.3 Å². The lowest BCUT2D eigenvalue weighted by Gasteiger charge is -2.39. The Hall–Kier alpha value is -3.39. The molecule has 2 aliphatic heterocycles. The van der Waals surface area contributed by atoms with Crippen LogP contribution in [0.4, 0.5) is 5.69 Å². The molecule has 2 heterocycles. The molecule has 8 heteroatoms. The first-order valence-electron chi connectivity index (χ1n) is 12.2. The van der Waals surface area contributed by atoms with Crippen molar-refractivity contribution in [3.05, 3.63) is 66.2 Å². The lowest BCUT2D eigenvalue weighted by molar-refractivity contribution is -0.159. The number of carboxylic acids is 2. The molecule has 1 unspecified atom stereocenters. The Bertz CT molecular complexity index is 941. The van der Waals surface area contributed by atoms with Crippen LogP contribution in [0.1, 0.15) is 31.2 Å². The molecule has 35 heavy (non-hydrogen) atoms. The van der Waals surface area contributed by atoms with E-state index in [1.807, 2.05) is 0 Å². The highest BCUT2D eigenvalue weighted by atomic mass is 16.4. The zero-order valence-corrected chi connectivity index (χ0v) is 20.3. The van der Waals surface area contributed by atoms with Crippen LogP contribution in [0.2, 0.25) is 0 Å². The number of amides is 1. The average Bonchev–Trinajstić information content (AvgIpc) is 2.90. The second kappa shape index (κ2) is 12.9. The minimum atomic E-state index is -1.82. The first kappa shape index (κ1) is 26.2. The van der Waals surface area contributed by atoms with Crippen molar-refractivity contribution >= 4 is 23.5 Å². The van der Waals surface area contributed by atoms with E-state index in [0.717, 1.165) is 58.7 Å². The van der Waals surface area contributed by atoms with Gasteiger partial charge in [0, 0.05) is 44.3 Å². The number of hydrogen-bond acceptors (Lipinski definition) is 5. The fourth-order valence-corrected chi connectivity index (χ4v) is 4.72. The Morgan fingerprint density at radius 3 is 1.83 bits per heavy atom. The molecule has 2 aliphatic rings. The quantitative estimate of drug-likeness (QED) is 0.633. The van der Waals surface area contributed by atoms with Crippen molar-refractivity contribution in [2.75, 3.05) is 50.7 Å². The van der Waals surface area contributed by atoms with Crippen LogP contribution < -0.4 is 4.90 Å². The van der Waals surface area contributed by atoms with Crippen LogP contribution in [-0.2, 0) is 14.4 Å². The van der Waals surface area contributed by atoms with Gasteiger partial charge in [0.1, 0.15) is 0 Å². The average molecular weight is 482 g/mol. The van der Waals surface area contributed by atoms with Gasteiger partial charge in [-0.2, -0.15) is 0 Å². The minimum Gasteiger partial charge on any atom is -0.473 e. The summed E-state index contributed by atoms with van der Waals surface area (Å²) in [5.74, 6) is -2.52. The monoisotopic (exact) mass is 481 g/mol. The number of hydrogen-bond donors (Lipinski definition) is 2. The summed E-state index contributed by atoms with van der Waals surface area (Å²) in [6.07, 6.45) is 2.00. The maximum absolute atomic E-state index is 13.0. The summed E-state index contributed by atoms with van der Waals surface area (Å²) in [5.41, 5.74) is 2.67. The van der Waals surface area contributed by atoms with Crippen LogP contribution >= 0.6 is 0 Å². The van der Waals surface area contributed by atoms with E-state index in [0.29, 0.717) is 11.8 Å². The first-order chi connectivity index (χ1) is 16.8. The van der Waals surface area contributed by atoms with Crippen molar-refractivity contribution in [2.24, 2.45) is 5.92 Å². The number of aliphatic carboxylic acids is 2. The van der Waals surface area contributed by atoms with Crippen molar-refractivity contribution in [3.63, 3.8) is 0 Å². The van der Waals surface area contributed by atoms with Crippen LogP contribution in [0, 0.1) is 5.92 Å². The lowest BCUT2D eigenvalue weighted by atomic mass is 9.93. The predicted octanol–water partition coefficient (Wildman–Crippen LogP) is 3.01. The Morgan fingerprint density at radius 1 is 0.800 bits per heavy atom.